The normalized spacial score (nSPS) is 16.4. The van der Waals surface area contributed by atoms with Crippen LogP contribution in [0.2, 0.25) is 0 Å². The zero-order chi connectivity index (χ0) is 16.9. The first-order valence-corrected chi connectivity index (χ1v) is 8.28. The number of nitrogens with one attached hydrogen (secondary N) is 1. The first kappa shape index (κ1) is 16.3. The number of aromatic nitrogens is 1. The number of carbonyl (C=O) groups excluding carboxylic acids is 1. The van der Waals surface area contributed by atoms with Crippen molar-refractivity contribution >= 4 is 6.03 Å². The van der Waals surface area contributed by atoms with Crippen LogP contribution in [0.25, 0.3) is 0 Å². The molecule has 1 N–H and O–H groups in total. The molecular weight excluding hydrogens is 302 g/mol. The molecule has 1 aromatic carbocycles. The highest BCUT2D eigenvalue weighted by atomic mass is 16.5. The highest BCUT2D eigenvalue weighted by Crippen LogP contribution is 2.34. The molecule has 0 radical (unpaired) electrons. The molecule has 24 heavy (non-hydrogen) atoms. The number of urea groups is 1. The van der Waals surface area contributed by atoms with Crippen molar-refractivity contribution in [3.63, 3.8) is 0 Å². The van der Waals surface area contributed by atoms with E-state index in [1.165, 1.54) is 0 Å². The number of rotatable bonds is 5. The summed E-state index contributed by atoms with van der Waals surface area (Å²) in [7, 11) is 1.66. The van der Waals surface area contributed by atoms with Crippen LogP contribution in [-0.2, 0) is 6.42 Å². The molecule has 1 atom stereocenters. The van der Waals surface area contributed by atoms with Gasteiger partial charge in [0.1, 0.15) is 5.75 Å². The molecule has 5 heteroatoms. The second kappa shape index (κ2) is 7.34. The SMILES string of the molecule is COc1cccc([C@H]2CCN2C(=O)NCCc2cccc(C)n2)c1. The average molecular weight is 325 g/mol. The first-order valence-electron chi connectivity index (χ1n) is 8.28. The van der Waals surface area contributed by atoms with Gasteiger partial charge >= 0.3 is 6.03 Å². The molecule has 2 heterocycles. The summed E-state index contributed by atoms with van der Waals surface area (Å²) in [6.45, 7) is 3.36. The molecule has 126 valence electrons. The minimum Gasteiger partial charge on any atom is -0.497 e. The smallest absolute Gasteiger partial charge is 0.317 e. The molecule has 0 bridgehead atoms. The summed E-state index contributed by atoms with van der Waals surface area (Å²) in [6, 6.07) is 14.0. The quantitative estimate of drug-likeness (QED) is 0.919. The summed E-state index contributed by atoms with van der Waals surface area (Å²) >= 11 is 0. The molecule has 1 fully saturated rings. The first-order chi connectivity index (χ1) is 11.7. The maximum Gasteiger partial charge on any atom is 0.317 e. The van der Waals surface area contributed by atoms with E-state index in [0.717, 1.165) is 42.1 Å². The number of ether oxygens (including phenoxy) is 1. The Kier molecular flexibility index (Phi) is 4.99. The maximum absolute atomic E-state index is 12.4. The van der Waals surface area contributed by atoms with Crippen LogP contribution in [0.1, 0.15) is 29.4 Å². The van der Waals surface area contributed by atoms with E-state index in [1.54, 1.807) is 7.11 Å². The Morgan fingerprint density at radius 3 is 2.88 bits per heavy atom. The summed E-state index contributed by atoms with van der Waals surface area (Å²) in [5.41, 5.74) is 3.12. The number of aryl methyl sites for hydroxylation is 1. The topological polar surface area (TPSA) is 54.5 Å². The fraction of sp³-hybridized carbons (Fsp3) is 0.368. The highest BCUT2D eigenvalue weighted by molar-refractivity contribution is 5.75. The zero-order valence-electron chi connectivity index (χ0n) is 14.2. The lowest BCUT2D eigenvalue weighted by Crippen LogP contribution is -2.50. The standard InChI is InChI=1S/C19H23N3O2/c1-14-5-3-7-16(21-14)9-11-20-19(23)22-12-10-18(22)15-6-4-8-17(13-15)24-2/h3-8,13,18H,9-12H2,1-2H3,(H,20,23)/t18-/m1/s1. The van der Waals surface area contributed by atoms with Crippen LogP contribution < -0.4 is 10.1 Å². The second-order valence-electron chi connectivity index (χ2n) is 6.03. The number of methoxy groups -OCH3 is 1. The van der Waals surface area contributed by atoms with Gasteiger partial charge in [0.2, 0.25) is 0 Å². The number of nitrogens with zero attached hydrogens (tertiary/aromatic N) is 2. The van der Waals surface area contributed by atoms with Gasteiger partial charge in [0.25, 0.3) is 0 Å². The maximum atomic E-state index is 12.4. The predicted octanol–water partition coefficient (Wildman–Crippen LogP) is 3.10. The zero-order valence-corrected chi connectivity index (χ0v) is 14.2. The third-order valence-corrected chi connectivity index (χ3v) is 4.36. The predicted molar refractivity (Wildman–Crippen MR) is 93.1 cm³/mol. The molecule has 1 aliphatic heterocycles. The Hall–Kier alpha value is -2.56. The van der Waals surface area contributed by atoms with E-state index >= 15 is 0 Å². The summed E-state index contributed by atoms with van der Waals surface area (Å²) < 4.78 is 5.27. The van der Waals surface area contributed by atoms with Gasteiger partial charge in [-0.15, -0.1) is 0 Å². The van der Waals surface area contributed by atoms with E-state index in [2.05, 4.69) is 10.3 Å². The Labute approximate surface area is 142 Å². The fourth-order valence-corrected chi connectivity index (χ4v) is 2.96. The Balaban J connectivity index is 1.53. The van der Waals surface area contributed by atoms with E-state index in [-0.39, 0.29) is 12.1 Å². The number of amides is 2. The van der Waals surface area contributed by atoms with Gasteiger partial charge in [-0.25, -0.2) is 4.79 Å². The summed E-state index contributed by atoms with van der Waals surface area (Å²) in [4.78, 5) is 18.7. The molecule has 0 unspecified atom stereocenters. The largest absolute Gasteiger partial charge is 0.497 e. The highest BCUT2D eigenvalue weighted by Gasteiger charge is 2.33. The van der Waals surface area contributed by atoms with Crippen molar-refractivity contribution in [2.45, 2.75) is 25.8 Å². The van der Waals surface area contributed by atoms with Gasteiger partial charge in [-0.1, -0.05) is 18.2 Å². The van der Waals surface area contributed by atoms with Crippen molar-refractivity contribution in [3.8, 4) is 5.75 Å². The summed E-state index contributed by atoms with van der Waals surface area (Å²) in [6.07, 6.45) is 1.73. The van der Waals surface area contributed by atoms with Crippen LogP contribution in [0.3, 0.4) is 0 Å². The van der Waals surface area contributed by atoms with E-state index < -0.39 is 0 Å². The number of likely N-dealkylation sites (tertiary alicyclic amines) is 1. The van der Waals surface area contributed by atoms with Crippen LogP contribution in [0, 0.1) is 6.92 Å². The monoisotopic (exact) mass is 325 g/mol. The van der Waals surface area contributed by atoms with Crippen molar-refractivity contribution < 1.29 is 9.53 Å². The van der Waals surface area contributed by atoms with Crippen molar-refractivity contribution in [2.24, 2.45) is 0 Å². The number of hydrogen-bond acceptors (Lipinski definition) is 3. The molecule has 5 nitrogen and oxygen atoms in total. The molecule has 2 aromatic rings. The number of pyridine rings is 1. The van der Waals surface area contributed by atoms with Crippen LogP contribution >= 0.6 is 0 Å². The Bertz CT molecular complexity index is 717. The fourth-order valence-electron chi connectivity index (χ4n) is 2.96. The summed E-state index contributed by atoms with van der Waals surface area (Å²) in [5.74, 6) is 0.824. The lowest BCUT2D eigenvalue weighted by atomic mass is 9.95. The van der Waals surface area contributed by atoms with Gasteiger partial charge < -0.3 is 15.0 Å². The number of carbonyl (C=O) groups is 1. The van der Waals surface area contributed by atoms with Gasteiger partial charge in [-0.2, -0.15) is 0 Å². The molecule has 1 aromatic heterocycles. The van der Waals surface area contributed by atoms with Crippen molar-refractivity contribution in [1.82, 2.24) is 15.2 Å². The van der Waals surface area contributed by atoms with E-state index in [0.29, 0.717) is 6.54 Å². The van der Waals surface area contributed by atoms with Gasteiger partial charge in [0.05, 0.1) is 13.2 Å². The molecule has 0 spiro atoms. The number of hydrogen-bond donors (Lipinski definition) is 1. The Morgan fingerprint density at radius 2 is 2.17 bits per heavy atom. The minimum atomic E-state index is -0.0123. The third kappa shape index (κ3) is 3.67. The lowest BCUT2D eigenvalue weighted by Gasteiger charge is -2.41. The molecule has 3 rings (SSSR count). The molecule has 0 saturated carbocycles. The van der Waals surface area contributed by atoms with Gasteiger partial charge in [-0.3, -0.25) is 4.98 Å². The van der Waals surface area contributed by atoms with Gasteiger partial charge in [0.15, 0.2) is 0 Å². The second-order valence-corrected chi connectivity index (χ2v) is 6.03. The molecule has 1 saturated heterocycles. The van der Waals surface area contributed by atoms with Crippen molar-refractivity contribution in [1.29, 1.82) is 0 Å². The lowest BCUT2D eigenvalue weighted by molar-refractivity contribution is 0.115. The van der Waals surface area contributed by atoms with Crippen LogP contribution in [0.4, 0.5) is 4.79 Å². The molecule has 2 amide bonds. The van der Waals surface area contributed by atoms with Gasteiger partial charge in [0, 0.05) is 30.9 Å². The minimum absolute atomic E-state index is 0.0123. The van der Waals surface area contributed by atoms with E-state index in [4.69, 9.17) is 4.74 Å². The average Bonchev–Trinajstić information content (AvgIpc) is 2.54. The van der Waals surface area contributed by atoms with Crippen molar-refractivity contribution in [3.05, 3.63) is 59.4 Å². The van der Waals surface area contributed by atoms with Crippen LogP contribution in [-0.4, -0.2) is 36.1 Å². The Morgan fingerprint density at radius 1 is 1.33 bits per heavy atom. The van der Waals surface area contributed by atoms with E-state index in [9.17, 15) is 4.79 Å². The molecule has 1 aliphatic rings. The van der Waals surface area contributed by atoms with E-state index in [1.807, 2.05) is 54.3 Å². The number of benzene rings is 1. The van der Waals surface area contributed by atoms with Crippen LogP contribution in [0.5, 0.6) is 5.75 Å². The molecular formula is C19H23N3O2. The third-order valence-electron chi connectivity index (χ3n) is 4.36. The molecule has 0 aliphatic carbocycles. The van der Waals surface area contributed by atoms with Crippen molar-refractivity contribution in [2.75, 3.05) is 20.2 Å². The van der Waals surface area contributed by atoms with Crippen LogP contribution in [0.15, 0.2) is 42.5 Å². The summed E-state index contributed by atoms with van der Waals surface area (Å²) in [5, 5.41) is 3.00. The van der Waals surface area contributed by atoms with Gasteiger partial charge in [-0.05, 0) is 43.2 Å².